The third kappa shape index (κ3) is 2.67. The summed E-state index contributed by atoms with van der Waals surface area (Å²) in [6, 6.07) is 17.2. The minimum absolute atomic E-state index is 0.975. The first-order valence-corrected chi connectivity index (χ1v) is 7.04. The molecule has 0 bridgehead atoms. The fourth-order valence-electron chi connectivity index (χ4n) is 2.72. The molecule has 2 aromatic carbocycles. The van der Waals surface area contributed by atoms with Gasteiger partial charge < -0.3 is 5.32 Å². The predicted molar refractivity (Wildman–Crippen MR) is 86.7 cm³/mol. The highest BCUT2D eigenvalue weighted by atomic mass is 14.9. The molecule has 0 atom stereocenters. The number of aryl methyl sites for hydroxylation is 2. The van der Waals surface area contributed by atoms with Crippen LogP contribution < -0.4 is 5.32 Å². The van der Waals surface area contributed by atoms with Gasteiger partial charge in [0.25, 0.3) is 0 Å². The summed E-state index contributed by atoms with van der Waals surface area (Å²) in [5, 5.41) is 3.33. The molecular formula is C19H19N. The second-order valence-electron chi connectivity index (χ2n) is 5.35. The van der Waals surface area contributed by atoms with Gasteiger partial charge in [-0.15, -0.1) is 0 Å². The Bertz CT molecular complexity index is 680. The van der Waals surface area contributed by atoms with E-state index < -0.39 is 0 Å². The van der Waals surface area contributed by atoms with Crippen LogP contribution in [0.1, 0.15) is 23.1 Å². The summed E-state index contributed by atoms with van der Waals surface area (Å²) in [5.74, 6) is 0. The van der Waals surface area contributed by atoms with Crippen molar-refractivity contribution >= 4 is 11.3 Å². The molecule has 0 saturated heterocycles. The molecule has 20 heavy (non-hydrogen) atoms. The summed E-state index contributed by atoms with van der Waals surface area (Å²) in [7, 11) is 0. The van der Waals surface area contributed by atoms with Gasteiger partial charge in [-0.2, -0.15) is 0 Å². The number of benzene rings is 2. The number of rotatable bonds is 3. The lowest BCUT2D eigenvalue weighted by molar-refractivity contribution is 1.01. The van der Waals surface area contributed by atoms with Crippen molar-refractivity contribution in [2.45, 2.75) is 19.8 Å². The number of hydrogen-bond acceptors (Lipinski definition) is 1. The Kier molecular flexibility index (Phi) is 3.42. The zero-order valence-electron chi connectivity index (χ0n) is 11.8. The molecule has 100 valence electrons. The molecule has 0 saturated carbocycles. The van der Waals surface area contributed by atoms with E-state index in [0.717, 1.165) is 18.5 Å². The Morgan fingerprint density at radius 3 is 2.70 bits per heavy atom. The topological polar surface area (TPSA) is 12.0 Å². The van der Waals surface area contributed by atoms with Crippen LogP contribution in [0.4, 0.5) is 5.69 Å². The van der Waals surface area contributed by atoms with E-state index in [1.165, 1.54) is 28.0 Å². The number of nitrogens with one attached hydrogen (secondary N) is 1. The number of hydrogen-bond donors (Lipinski definition) is 1. The van der Waals surface area contributed by atoms with Gasteiger partial charge in [0.05, 0.1) is 0 Å². The summed E-state index contributed by atoms with van der Waals surface area (Å²) < 4.78 is 0. The second kappa shape index (κ2) is 5.38. The maximum Gasteiger partial charge on any atom is 0.0460 e. The minimum atomic E-state index is 0.975. The highest BCUT2D eigenvalue weighted by Gasteiger charge is 2.13. The van der Waals surface area contributed by atoms with Crippen molar-refractivity contribution in [1.82, 2.24) is 0 Å². The highest BCUT2D eigenvalue weighted by Crippen LogP contribution is 2.32. The van der Waals surface area contributed by atoms with Crippen LogP contribution in [0.15, 0.2) is 66.9 Å². The van der Waals surface area contributed by atoms with Crippen LogP contribution in [-0.4, -0.2) is 0 Å². The quantitative estimate of drug-likeness (QED) is 0.824. The number of para-hydroxylation sites is 1. The van der Waals surface area contributed by atoms with Gasteiger partial charge >= 0.3 is 0 Å². The van der Waals surface area contributed by atoms with Crippen molar-refractivity contribution in [1.29, 1.82) is 0 Å². The molecule has 0 aromatic heterocycles. The number of fused-ring (bicyclic) bond motifs is 1. The lowest BCUT2D eigenvalue weighted by Crippen LogP contribution is -2.06. The van der Waals surface area contributed by atoms with E-state index in [-0.39, 0.29) is 0 Å². The largest absolute Gasteiger partial charge is 0.356 e. The fourth-order valence-corrected chi connectivity index (χ4v) is 2.72. The SMILES string of the molecule is C=C1C=C(CCc2cccc(C)c2)c2ccccc2N1. The molecule has 0 spiro atoms. The average molecular weight is 261 g/mol. The first-order valence-electron chi connectivity index (χ1n) is 7.04. The third-order valence-corrected chi connectivity index (χ3v) is 3.68. The molecule has 1 aliphatic heterocycles. The summed E-state index contributed by atoms with van der Waals surface area (Å²) in [6.45, 7) is 6.19. The van der Waals surface area contributed by atoms with Crippen molar-refractivity contribution < 1.29 is 0 Å². The average Bonchev–Trinajstić information content (AvgIpc) is 2.44. The van der Waals surface area contributed by atoms with Crippen LogP contribution in [0.5, 0.6) is 0 Å². The van der Waals surface area contributed by atoms with E-state index in [1.807, 2.05) is 0 Å². The monoisotopic (exact) mass is 261 g/mol. The Labute approximate surface area is 120 Å². The molecule has 0 unspecified atom stereocenters. The van der Waals surface area contributed by atoms with Crippen molar-refractivity contribution in [2.24, 2.45) is 0 Å². The maximum atomic E-state index is 4.04. The third-order valence-electron chi connectivity index (χ3n) is 3.68. The normalized spacial score (nSPS) is 13.4. The van der Waals surface area contributed by atoms with Crippen molar-refractivity contribution in [3.63, 3.8) is 0 Å². The van der Waals surface area contributed by atoms with Gasteiger partial charge in [0.2, 0.25) is 0 Å². The molecule has 2 aromatic rings. The highest BCUT2D eigenvalue weighted by molar-refractivity contribution is 5.83. The van der Waals surface area contributed by atoms with Crippen LogP contribution in [0, 0.1) is 6.92 Å². The van der Waals surface area contributed by atoms with Crippen LogP contribution in [0.2, 0.25) is 0 Å². The molecule has 0 aliphatic carbocycles. The Balaban J connectivity index is 1.81. The molecule has 0 amide bonds. The van der Waals surface area contributed by atoms with Crippen LogP contribution in [-0.2, 0) is 6.42 Å². The van der Waals surface area contributed by atoms with E-state index >= 15 is 0 Å². The van der Waals surface area contributed by atoms with Crippen LogP contribution in [0.3, 0.4) is 0 Å². The molecular weight excluding hydrogens is 242 g/mol. The molecule has 1 heterocycles. The molecule has 1 heteroatoms. The fraction of sp³-hybridized carbons (Fsp3) is 0.158. The van der Waals surface area contributed by atoms with E-state index in [9.17, 15) is 0 Å². The minimum Gasteiger partial charge on any atom is -0.356 e. The second-order valence-corrected chi connectivity index (χ2v) is 5.35. The van der Waals surface area contributed by atoms with Gasteiger partial charge in [-0.3, -0.25) is 0 Å². The maximum absolute atomic E-state index is 4.04. The van der Waals surface area contributed by atoms with Gasteiger partial charge in [-0.25, -0.2) is 0 Å². The van der Waals surface area contributed by atoms with E-state index in [1.54, 1.807) is 0 Å². The summed E-state index contributed by atoms with van der Waals surface area (Å²) in [5.41, 5.74) is 7.53. The summed E-state index contributed by atoms with van der Waals surface area (Å²) >= 11 is 0. The smallest absolute Gasteiger partial charge is 0.0460 e. The first-order chi connectivity index (χ1) is 9.72. The van der Waals surface area contributed by atoms with Gasteiger partial charge in [-0.05, 0) is 43.0 Å². The van der Waals surface area contributed by atoms with Gasteiger partial charge in [0, 0.05) is 16.9 Å². The summed E-state index contributed by atoms with van der Waals surface area (Å²) in [6.07, 6.45) is 4.27. The lowest BCUT2D eigenvalue weighted by atomic mass is 9.93. The van der Waals surface area contributed by atoms with Gasteiger partial charge in [0.1, 0.15) is 0 Å². The van der Waals surface area contributed by atoms with E-state index in [4.69, 9.17) is 0 Å². The molecule has 1 N–H and O–H groups in total. The first kappa shape index (κ1) is 12.7. The summed E-state index contributed by atoms with van der Waals surface area (Å²) in [4.78, 5) is 0. The number of allylic oxidation sites excluding steroid dienone is 2. The van der Waals surface area contributed by atoms with Crippen LogP contribution in [0.25, 0.3) is 5.57 Å². The Hall–Kier alpha value is -2.28. The molecule has 1 aliphatic rings. The zero-order chi connectivity index (χ0) is 13.9. The molecule has 3 rings (SSSR count). The predicted octanol–water partition coefficient (Wildman–Crippen LogP) is 4.95. The number of anilines is 1. The molecule has 1 nitrogen and oxygen atoms in total. The van der Waals surface area contributed by atoms with Crippen molar-refractivity contribution in [3.05, 3.63) is 83.6 Å². The van der Waals surface area contributed by atoms with Crippen LogP contribution >= 0.6 is 0 Å². The van der Waals surface area contributed by atoms with E-state index in [2.05, 4.69) is 73.4 Å². The van der Waals surface area contributed by atoms with Crippen molar-refractivity contribution in [2.75, 3.05) is 5.32 Å². The molecule has 0 fully saturated rings. The standard InChI is InChI=1S/C19H19N/c1-14-6-5-7-16(12-14)10-11-17-13-15(2)20-19-9-4-3-8-18(17)19/h3-9,12-13,20H,2,10-11H2,1H3. The Morgan fingerprint density at radius 2 is 1.85 bits per heavy atom. The zero-order valence-corrected chi connectivity index (χ0v) is 11.8. The Morgan fingerprint density at radius 1 is 1.00 bits per heavy atom. The molecule has 0 radical (unpaired) electrons. The lowest BCUT2D eigenvalue weighted by Gasteiger charge is -2.20. The van der Waals surface area contributed by atoms with Crippen molar-refractivity contribution in [3.8, 4) is 0 Å². The van der Waals surface area contributed by atoms with Gasteiger partial charge in [-0.1, -0.05) is 54.6 Å². The van der Waals surface area contributed by atoms with Gasteiger partial charge in [0.15, 0.2) is 0 Å². The van der Waals surface area contributed by atoms with E-state index in [0.29, 0.717) is 0 Å².